The SMILES string of the molecule is C=CC[Si](C)(C)CCC[Si](CCCNC)(CCC[Si](C)(C)CC=C)CCC[Si](C)(C)CC=C. The Morgan fingerprint density at radius 2 is 0.818 bits per heavy atom. The zero-order valence-corrected chi connectivity index (χ0v) is 28.0. The maximum Gasteiger partial charge on any atom is 0.0535 e. The Morgan fingerprint density at radius 1 is 0.515 bits per heavy atom. The summed E-state index contributed by atoms with van der Waals surface area (Å²) in [6, 6.07) is 14.6. The largest absolute Gasteiger partial charge is 0.320 e. The van der Waals surface area contributed by atoms with Gasteiger partial charge < -0.3 is 5.32 Å². The molecule has 0 aromatic carbocycles. The lowest BCUT2D eigenvalue weighted by molar-refractivity contribution is 0.750. The van der Waals surface area contributed by atoms with Gasteiger partial charge in [0.05, 0.1) is 32.3 Å². The van der Waals surface area contributed by atoms with E-state index >= 15 is 0 Å². The van der Waals surface area contributed by atoms with Crippen molar-refractivity contribution in [3.8, 4) is 0 Å². The molecule has 0 aromatic heterocycles. The van der Waals surface area contributed by atoms with Crippen LogP contribution in [0, 0.1) is 0 Å². The van der Waals surface area contributed by atoms with E-state index in [1.165, 1.54) is 68.5 Å². The summed E-state index contributed by atoms with van der Waals surface area (Å²) in [6.07, 6.45) is 12.4. The van der Waals surface area contributed by atoms with Gasteiger partial charge >= 0.3 is 0 Å². The Kier molecular flexibility index (Phi) is 16.7. The van der Waals surface area contributed by atoms with Crippen LogP contribution in [-0.2, 0) is 0 Å². The van der Waals surface area contributed by atoms with Gasteiger partial charge in [0.15, 0.2) is 0 Å². The average molecular weight is 524 g/mol. The van der Waals surface area contributed by atoms with E-state index in [4.69, 9.17) is 0 Å². The molecule has 0 radical (unpaired) electrons. The molecule has 0 atom stereocenters. The van der Waals surface area contributed by atoms with Crippen LogP contribution in [-0.4, -0.2) is 45.9 Å². The molecule has 194 valence electrons. The molecule has 33 heavy (non-hydrogen) atoms. The van der Waals surface area contributed by atoms with Gasteiger partial charge in [0.25, 0.3) is 0 Å². The highest BCUT2D eigenvalue weighted by molar-refractivity contribution is 6.82. The molecule has 0 fully saturated rings. The zero-order valence-electron chi connectivity index (χ0n) is 24.0. The third-order valence-electron chi connectivity index (χ3n) is 7.91. The summed E-state index contributed by atoms with van der Waals surface area (Å²) in [4.78, 5) is 0. The highest BCUT2D eigenvalue weighted by atomic mass is 28.3. The Morgan fingerprint density at radius 3 is 1.09 bits per heavy atom. The predicted molar refractivity (Wildman–Crippen MR) is 169 cm³/mol. The van der Waals surface area contributed by atoms with Gasteiger partial charge in [-0.25, -0.2) is 0 Å². The molecular formula is C28H61NSi4. The lowest BCUT2D eigenvalue weighted by atomic mass is 10.5. The first-order valence-corrected chi connectivity index (χ1v) is 26.9. The van der Waals surface area contributed by atoms with Crippen LogP contribution in [0.2, 0.25) is 99.7 Å². The lowest BCUT2D eigenvalue weighted by Gasteiger charge is -2.35. The molecule has 0 amide bonds. The second kappa shape index (κ2) is 16.7. The molecule has 0 bridgehead atoms. The van der Waals surface area contributed by atoms with E-state index < -0.39 is 32.3 Å². The summed E-state index contributed by atoms with van der Waals surface area (Å²) < 4.78 is 0. The van der Waals surface area contributed by atoms with Crippen LogP contribution < -0.4 is 5.32 Å². The third kappa shape index (κ3) is 16.4. The maximum absolute atomic E-state index is 4.04. The van der Waals surface area contributed by atoms with Crippen molar-refractivity contribution in [2.75, 3.05) is 13.6 Å². The molecule has 0 saturated carbocycles. The quantitative estimate of drug-likeness (QED) is 0.0845. The minimum absolute atomic E-state index is 1.10. The van der Waals surface area contributed by atoms with Crippen molar-refractivity contribution in [2.24, 2.45) is 0 Å². The fourth-order valence-electron chi connectivity index (χ4n) is 5.69. The molecule has 0 unspecified atom stereocenters. The van der Waals surface area contributed by atoms with Crippen molar-refractivity contribution in [3.63, 3.8) is 0 Å². The Bertz CT molecular complexity index is 485. The van der Waals surface area contributed by atoms with Crippen molar-refractivity contribution in [1.29, 1.82) is 0 Å². The van der Waals surface area contributed by atoms with Crippen molar-refractivity contribution >= 4 is 32.3 Å². The third-order valence-corrected chi connectivity index (χ3v) is 22.9. The van der Waals surface area contributed by atoms with E-state index in [-0.39, 0.29) is 0 Å². The molecular weight excluding hydrogens is 463 g/mol. The fourth-order valence-corrected chi connectivity index (χ4v) is 18.3. The maximum atomic E-state index is 4.04. The minimum atomic E-state index is -1.25. The number of hydrogen-bond acceptors (Lipinski definition) is 1. The van der Waals surface area contributed by atoms with Gasteiger partial charge in [-0.1, -0.05) is 119 Å². The number of rotatable bonds is 22. The summed E-state index contributed by atoms with van der Waals surface area (Å²) in [7, 11) is -2.43. The van der Waals surface area contributed by atoms with Gasteiger partial charge in [0.2, 0.25) is 0 Å². The summed E-state index contributed by atoms with van der Waals surface area (Å²) in [5, 5.41) is 3.44. The number of allylic oxidation sites excluding steroid dienone is 3. The van der Waals surface area contributed by atoms with E-state index in [9.17, 15) is 0 Å². The normalized spacial score (nSPS) is 13.2. The van der Waals surface area contributed by atoms with Crippen molar-refractivity contribution in [3.05, 3.63) is 38.0 Å². The van der Waals surface area contributed by atoms with E-state index in [1.54, 1.807) is 24.2 Å². The first kappa shape index (κ1) is 33.0. The monoisotopic (exact) mass is 523 g/mol. The molecule has 0 spiro atoms. The van der Waals surface area contributed by atoms with Crippen LogP contribution in [0.5, 0.6) is 0 Å². The van der Waals surface area contributed by atoms with E-state index in [2.05, 4.69) is 89.6 Å². The Balaban J connectivity index is 5.41. The number of nitrogens with one attached hydrogen (secondary N) is 1. The molecule has 0 aromatic rings. The highest BCUT2D eigenvalue weighted by Crippen LogP contribution is 2.37. The second-order valence-electron chi connectivity index (χ2n) is 13.2. The van der Waals surface area contributed by atoms with Crippen LogP contribution >= 0.6 is 0 Å². The topological polar surface area (TPSA) is 12.0 Å². The molecule has 1 nitrogen and oxygen atoms in total. The lowest BCUT2D eigenvalue weighted by Crippen LogP contribution is -2.37. The van der Waals surface area contributed by atoms with Gasteiger partial charge in [-0.3, -0.25) is 0 Å². The summed E-state index contributed by atoms with van der Waals surface area (Å²) in [5.41, 5.74) is 0. The number of hydrogen-bond donors (Lipinski definition) is 1. The van der Waals surface area contributed by atoms with Gasteiger partial charge in [-0.05, 0) is 38.1 Å². The van der Waals surface area contributed by atoms with Crippen LogP contribution in [0.25, 0.3) is 0 Å². The van der Waals surface area contributed by atoms with Gasteiger partial charge in [-0.2, -0.15) is 0 Å². The predicted octanol–water partition coefficient (Wildman–Crippen LogP) is 9.90. The molecule has 0 aliphatic rings. The fraction of sp³-hybridized carbons (Fsp3) is 0.786. The van der Waals surface area contributed by atoms with Crippen molar-refractivity contribution < 1.29 is 0 Å². The summed E-state index contributed by atoms with van der Waals surface area (Å²) >= 11 is 0. The van der Waals surface area contributed by atoms with Crippen LogP contribution in [0.3, 0.4) is 0 Å². The van der Waals surface area contributed by atoms with Crippen molar-refractivity contribution in [1.82, 2.24) is 5.32 Å². The van der Waals surface area contributed by atoms with E-state index in [1.807, 2.05) is 0 Å². The van der Waals surface area contributed by atoms with Gasteiger partial charge in [0.1, 0.15) is 0 Å². The molecule has 0 aliphatic heterocycles. The average Bonchev–Trinajstić information content (AvgIpc) is 2.67. The zero-order chi connectivity index (χ0) is 25.4. The molecule has 1 N–H and O–H groups in total. The smallest absolute Gasteiger partial charge is 0.0535 e. The van der Waals surface area contributed by atoms with E-state index in [0.717, 1.165) is 0 Å². The van der Waals surface area contributed by atoms with Gasteiger partial charge in [-0.15, -0.1) is 19.7 Å². The first-order valence-electron chi connectivity index (χ1n) is 13.8. The van der Waals surface area contributed by atoms with Crippen molar-refractivity contribution in [2.45, 2.75) is 125 Å². The summed E-state index contributed by atoms with van der Waals surface area (Å²) in [5.74, 6) is 0. The highest BCUT2D eigenvalue weighted by Gasteiger charge is 2.34. The summed E-state index contributed by atoms with van der Waals surface area (Å²) in [6.45, 7) is 28.8. The van der Waals surface area contributed by atoms with Gasteiger partial charge in [0, 0.05) is 0 Å². The second-order valence-corrected chi connectivity index (χ2v) is 33.9. The van der Waals surface area contributed by atoms with E-state index in [0.29, 0.717) is 0 Å². The molecule has 0 saturated heterocycles. The molecule has 0 aliphatic carbocycles. The van der Waals surface area contributed by atoms with Crippen LogP contribution in [0.4, 0.5) is 0 Å². The molecule has 0 rings (SSSR count). The Labute approximate surface area is 214 Å². The minimum Gasteiger partial charge on any atom is -0.320 e. The van der Waals surface area contributed by atoms with Crippen LogP contribution in [0.1, 0.15) is 25.7 Å². The Hall–Kier alpha value is 0.0475. The molecule has 0 heterocycles. The molecule has 5 heteroatoms. The standard InChI is InChI=1S/C28H61NSi4/c1-11-19-30(5,6)22-15-26-33(25-14-18-29-4,27-16-23-31(7,8)20-12-2)28-17-24-32(9,10)21-13-3/h11-13,29H,1-3,14-28H2,4-10H3. The first-order chi connectivity index (χ1) is 15.4. The van der Waals surface area contributed by atoms with Crippen LogP contribution in [0.15, 0.2) is 38.0 Å².